The van der Waals surface area contributed by atoms with Gasteiger partial charge in [0.1, 0.15) is 6.54 Å². The lowest BCUT2D eigenvalue weighted by Crippen LogP contribution is -2.43. The molecule has 8 heteroatoms. The Balaban J connectivity index is 2.27. The standard InChI is InChI=1S/C12H15N3O5/c1-2-8-3-11(18)15(6-8)7-10(17)13-4-9(16)14-5-12(19)20/h1,8H,3-7H2,(H,13,17)(H,14,16)(H,19,20). The van der Waals surface area contributed by atoms with E-state index in [0.29, 0.717) is 6.54 Å². The summed E-state index contributed by atoms with van der Waals surface area (Å²) < 4.78 is 0. The minimum atomic E-state index is -1.17. The van der Waals surface area contributed by atoms with Gasteiger partial charge in [0.15, 0.2) is 0 Å². The van der Waals surface area contributed by atoms with Crippen LogP contribution in [0.4, 0.5) is 0 Å². The van der Waals surface area contributed by atoms with E-state index in [1.165, 1.54) is 4.90 Å². The van der Waals surface area contributed by atoms with Crippen molar-refractivity contribution in [2.24, 2.45) is 5.92 Å². The van der Waals surface area contributed by atoms with Gasteiger partial charge in [-0.2, -0.15) is 0 Å². The Labute approximate surface area is 115 Å². The van der Waals surface area contributed by atoms with Crippen molar-refractivity contribution in [1.29, 1.82) is 0 Å². The van der Waals surface area contributed by atoms with Crippen molar-refractivity contribution in [2.45, 2.75) is 6.42 Å². The van der Waals surface area contributed by atoms with Gasteiger partial charge in [0, 0.05) is 18.9 Å². The summed E-state index contributed by atoms with van der Waals surface area (Å²) in [5.41, 5.74) is 0. The van der Waals surface area contributed by atoms with Crippen LogP contribution in [0.1, 0.15) is 6.42 Å². The highest BCUT2D eigenvalue weighted by molar-refractivity contribution is 5.89. The van der Waals surface area contributed by atoms with Gasteiger partial charge in [-0.1, -0.05) is 0 Å². The summed E-state index contributed by atoms with van der Waals surface area (Å²) in [7, 11) is 0. The van der Waals surface area contributed by atoms with Crippen LogP contribution in [0.3, 0.4) is 0 Å². The summed E-state index contributed by atoms with van der Waals surface area (Å²) in [4.78, 5) is 45.7. The third kappa shape index (κ3) is 4.97. The highest BCUT2D eigenvalue weighted by atomic mass is 16.4. The number of hydrogen-bond donors (Lipinski definition) is 3. The smallest absolute Gasteiger partial charge is 0.322 e. The number of rotatable bonds is 6. The SMILES string of the molecule is C#CC1CC(=O)N(CC(=O)NCC(=O)NCC(=O)O)C1. The third-order valence-electron chi connectivity index (χ3n) is 2.67. The lowest BCUT2D eigenvalue weighted by molar-refractivity contribution is -0.138. The summed E-state index contributed by atoms with van der Waals surface area (Å²) in [6.45, 7) is -0.687. The molecule has 0 aromatic heterocycles. The molecular weight excluding hydrogens is 266 g/mol. The van der Waals surface area contributed by atoms with E-state index in [1.807, 2.05) is 0 Å². The van der Waals surface area contributed by atoms with Gasteiger partial charge in [-0.25, -0.2) is 0 Å². The molecule has 0 radical (unpaired) electrons. The van der Waals surface area contributed by atoms with Crippen molar-refractivity contribution in [2.75, 3.05) is 26.2 Å². The molecule has 108 valence electrons. The van der Waals surface area contributed by atoms with Crippen molar-refractivity contribution < 1.29 is 24.3 Å². The van der Waals surface area contributed by atoms with E-state index in [1.54, 1.807) is 0 Å². The number of carboxylic acid groups (broad SMARTS) is 1. The van der Waals surface area contributed by atoms with Crippen LogP contribution in [0.15, 0.2) is 0 Å². The molecule has 1 rings (SSSR count). The molecule has 1 heterocycles. The maximum Gasteiger partial charge on any atom is 0.322 e. The van der Waals surface area contributed by atoms with Crippen LogP contribution in [-0.4, -0.2) is 59.9 Å². The molecule has 1 atom stereocenters. The van der Waals surface area contributed by atoms with Gasteiger partial charge >= 0.3 is 5.97 Å². The predicted molar refractivity (Wildman–Crippen MR) is 67.2 cm³/mol. The second-order valence-electron chi connectivity index (χ2n) is 4.29. The summed E-state index contributed by atoms with van der Waals surface area (Å²) in [5, 5.41) is 12.7. The van der Waals surface area contributed by atoms with Gasteiger partial charge in [-0.3, -0.25) is 19.2 Å². The quantitative estimate of drug-likeness (QED) is 0.477. The summed E-state index contributed by atoms with van der Waals surface area (Å²) >= 11 is 0. The molecule has 1 unspecified atom stereocenters. The average molecular weight is 281 g/mol. The van der Waals surface area contributed by atoms with E-state index in [9.17, 15) is 19.2 Å². The number of nitrogens with zero attached hydrogens (tertiary/aromatic N) is 1. The van der Waals surface area contributed by atoms with Crippen LogP contribution >= 0.6 is 0 Å². The lowest BCUT2D eigenvalue weighted by atomic mass is 10.1. The fourth-order valence-electron chi connectivity index (χ4n) is 1.68. The largest absolute Gasteiger partial charge is 0.480 e. The molecule has 0 bridgehead atoms. The Morgan fingerprint density at radius 1 is 1.30 bits per heavy atom. The molecule has 3 amide bonds. The van der Waals surface area contributed by atoms with Crippen molar-refractivity contribution in [3.63, 3.8) is 0 Å². The molecule has 0 aromatic carbocycles. The second kappa shape index (κ2) is 7.13. The Kier molecular flexibility index (Phi) is 5.53. The molecule has 0 aromatic rings. The van der Waals surface area contributed by atoms with Crippen molar-refractivity contribution in [3.8, 4) is 12.3 Å². The van der Waals surface area contributed by atoms with E-state index in [2.05, 4.69) is 16.6 Å². The molecule has 1 aliphatic heterocycles. The number of hydrogen-bond acceptors (Lipinski definition) is 4. The van der Waals surface area contributed by atoms with E-state index < -0.39 is 24.3 Å². The van der Waals surface area contributed by atoms with Crippen LogP contribution in [0.2, 0.25) is 0 Å². The Morgan fingerprint density at radius 3 is 2.50 bits per heavy atom. The van der Waals surface area contributed by atoms with Gasteiger partial charge < -0.3 is 20.6 Å². The zero-order chi connectivity index (χ0) is 15.1. The molecule has 0 saturated carbocycles. The predicted octanol–water partition coefficient (Wildman–Crippen LogP) is -2.21. The first-order valence-corrected chi connectivity index (χ1v) is 5.91. The highest BCUT2D eigenvalue weighted by Gasteiger charge is 2.29. The monoisotopic (exact) mass is 281 g/mol. The van der Waals surface area contributed by atoms with Gasteiger partial charge in [-0.15, -0.1) is 12.3 Å². The van der Waals surface area contributed by atoms with Crippen LogP contribution in [0, 0.1) is 18.3 Å². The summed E-state index contributed by atoms with van der Waals surface area (Å²) in [6, 6.07) is 0. The maximum atomic E-state index is 11.5. The molecule has 1 fully saturated rings. The van der Waals surface area contributed by atoms with Crippen molar-refractivity contribution in [1.82, 2.24) is 15.5 Å². The summed E-state index contributed by atoms with van der Waals surface area (Å²) in [6.07, 6.45) is 5.44. The van der Waals surface area contributed by atoms with Crippen LogP contribution in [0.5, 0.6) is 0 Å². The normalized spacial score (nSPS) is 17.4. The molecule has 1 aliphatic rings. The summed E-state index contributed by atoms with van der Waals surface area (Å²) in [5.74, 6) is -0.209. The van der Waals surface area contributed by atoms with Crippen LogP contribution in [0.25, 0.3) is 0 Å². The van der Waals surface area contributed by atoms with E-state index in [-0.39, 0.29) is 31.3 Å². The second-order valence-corrected chi connectivity index (χ2v) is 4.29. The van der Waals surface area contributed by atoms with Crippen LogP contribution < -0.4 is 10.6 Å². The minimum Gasteiger partial charge on any atom is -0.480 e. The molecule has 1 saturated heterocycles. The van der Waals surface area contributed by atoms with Gasteiger partial charge in [0.2, 0.25) is 17.7 Å². The van der Waals surface area contributed by atoms with E-state index in [4.69, 9.17) is 11.5 Å². The number of carboxylic acids is 1. The molecule has 0 spiro atoms. The topological polar surface area (TPSA) is 116 Å². The van der Waals surface area contributed by atoms with Crippen molar-refractivity contribution in [3.05, 3.63) is 0 Å². The number of amides is 3. The Morgan fingerprint density at radius 2 is 1.95 bits per heavy atom. The first-order chi connectivity index (χ1) is 9.42. The molecule has 8 nitrogen and oxygen atoms in total. The lowest BCUT2D eigenvalue weighted by Gasteiger charge is -2.15. The number of aliphatic carboxylic acids is 1. The van der Waals surface area contributed by atoms with Gasteiger partial charge in [0.25, 0.3) is 0 Å². The Hall–Kier alpha value is -2.56. The first-order valence-electron chi connectivity index (χ1n) is 5.91. The first kappa shape index (κ1) is 15.5. The fraction of sp³-hybridized carbons (Fsp3) is 0.500. The minimum absolute atomic E-state index is 0.163. The Bertz CT molecular complexity index is 468. The molecular formula is C12H15N3O5. The van der Waals surface area contributed by atoms with Gasteiger partial charge in [-0.05, 0) is 0 Å². The number of terminal acetylenes is 1. The number of carbonyl (C=O) groups excluding carboxylic acids is 3. The highest BCUT2D eigenvalue weighted by Crippen LogP contribution is 2.15. The maximum absolute atomic E-state index is 11.5. The third-order valence-corrected chi connectivity index (χ3v) is 2.67. The molecule has 20 heavy (non-hydrogen) atoms. The molecule has 0 aliphatic carbocycles. The average Bonchev–Trinajstić information content (AvgIpc) is 2.74. The van der Waals surface area contributed by atoms with Gasteiger partial charge in [0.05, 0.1) is 13.1 Å². The van der Waals surface area contributed by atoms with Crippen LogP contribution in [-0.2, 0) is 19.2 Å². The zero-order valence-corrected chi connectivity index (χ0v) is 10.7. The number of carbonyl (C=O) groups is 4. The van der Waals surface area contributed by atoms with E-state index in [0.717, 1.165) is 0 Å². The van der Waals surface area contributed by atoms with E-state index >= 15 is 0 Å². The number of nitrogens with one attached hydrogen (secondary N) is 2. The zero-order valence-electron chi connectivity index (χ0n) is 10.7. The fourth-order valence-corrected chi connectivity index (χ4v) is 1.68. The van der Waals surface area contributed by atoms with Crippen molar-refractivity contribution >= 4 is 23.7 Å². The number of likely N-dealkylation sites (tertiary alicyclic amines) is 1. The molecule has 3 N–H and O–H groups in total.